The van der Waals surface area contributed by atoms with Gasteiger partial charge in [0.1, 0.15) is 5.60 Å². The molecule has 0 radical (unpaired) electrons. The van der Waals surface area contributed by atoms with E-state index in [1.807, 2.05) is 25.7 Å². The molecule has 1 rings (SSSR count). The van der Waals surface area contributed by atoms with Crippen molar-refractivity contribution in [2.24, 2.45) is 0 Å². The molecule has 1 amide bonds. The second-order valence-corrected chi connectivity index (χ2v) is 7.18. The van der Waals surface area contributed by atoms with Gasteiger partial charge in [-0.05, 0) is 46.5 Å². The highest BCUT2D eigenvalue weighted by Crippen LogP contribution is 2.24. The second kappa shape index (κ2) is 7.99. The topological polar surface area (TPSA) is 61.8 Å². The van der Waals surface area contributed by atoms with E-state index in [1.54, 1.807) is 0 Å². The van der Waals surface area contributed by atoms with Crippen molar-refractivity contribution in [2.75, 3.05) is 13.2 Å². The largest absolute Gasteiger partial charge is 0.444 e. The number of rotatable bonds is 5. The summed E-state index contributed by atoms with van der Waals surface area (Å²) in [5.74, 6) is 0. The standard InChI is InChI=1S/C16H32N2O3/c1-12(2)17-13(9-11-19)14-8-6-7-10-18(14)15(20)21-16(3,4)5/h12-14,17,19H,6-11H2,1-5H3. The Labute approximate surface area is 129 Å². The van der Waals surface area contributed by atoms with Gasteiger partial charge in [-0.15, -0.1) is 0 Å². The van der Waals surface area contributed by atoms with Crippen LogP contribution in [-0.4, -0.2) is 53.0 Å². The Balaban J connectivity index is 2.80. The fourth-order valence-electron chi connectivity index (χ4n) is 2.88. The van der Waals surface area contributed by atoms with Gasteiger partial charge in [0.25, 0.3) is 0 Å². The van der Waals surface area contributed by atoms with Crippen molar-refractivity contribution in [1.29, 1.82) is 0 Å². The molecule has 0 aliphatic carbocycles. The Kier molecular flexibility index (Phi) is 6.94. The molecule has 1 aliphatic rings. The van der Waals surface area contributed by atoms with E-state index in [4.69, 9.17) is 4.74 Å². The van der Waals surface area contributed by atoms with Gasteiger partial charge in [-0.3, -0.25) is 0 Å². The maximum atomic E-state index is 12.4. The highest BCUT2D eigenvalue weighted by molar-refractivity contribution is 5.68. The van der Waals surface area contributed by atoms with Gasteiger partial charge in [-0.2, -0.15) is 0 Å². The van der Waals surface area contributed by atoms with Gasteiger partial charge in [0.15, 0.2) is 0 Å². The lowest BCUT2D eigenvalue weighted by Crippen LogP contribution is -2.56. The number of piperidine rings is 1. The van der Waals surface area contributed by atoms with E-state index >= 15 is 0 Å². The first-order valence-electron chi connectivity index (χ1n) is 8.11. The maximum absolute atomic E-state index is 12.4. The van der Waals surface area contributed by atoms with Crippen molar-refractivity contribution in [3.8, 4) is 0 Å². The van der Waals surface area contributed by atoms with Crippen LogP contribution >= 0.6 is 0 Å². The molecule has 1 aliphatic heterocycles. The number of aliphatic hydroxyl groups excluding tert-OH is 1. The van der Waals surface area contributed by atoms with Gasteiger partial charge in [0, 0.05) is 25.2 Å². The average Bonchev–Trinajstić information content (AvgIpc) is 2.35. The van der Waals surface area contributed by atoms with Crippen LogP contribution in [0.1, 0.15) is 60.3 Å². The van der Waals surface area contributed by atoms with Gasteiger partial charge in [0.2, 0.25) is 0 Å². The Hall–Kier alpha value is -0.810. The number of hydrogen-bond donors (Lipinski definition) is 2. The van der Waals surface area contributed by atoms with Crippen LogP contribution in [0.3, 0.4) is 0 Å². The third kappa shape index (κ3) is 6.22. The lowest BCUT2D eigenvalue weighted by molar-refractivity contribution is 0.00282. The van der Waals surface area contributed by atoms with Gasteiger partial charge in [-0.1, -0.05) is 13.8 Å². The average molecular weight is 300 g/mol. The summed E-state index contributed by atoms with van der Waals surface area (Å²) in [5, 5.41) is 12.8. The third-order valence-corrected chi connectivity index (χ3v) is 3.63. The summed E-state index contributed by atoms with van der Waals surface area (Å²) >= 11 is 0. The first-order valence-corrected chi connectivity index (χ1v) is 8.11. The zero-order valence-corrected chi connectivity index (χ0v) is 14.2. The molecule has 0 bridgehead atoms. The molecule has 2 N–H and O–H groups in total. The summed E-state index contributed by atoms with van der Waals surface area (Å²) in [4.78, 5) is 14.3. The number of hydrogen-bond acceptors (Lipinski definition) is 4. The van der Waals surface area contributed by atoms with Gasteiger partial charge in [0.05, 0.1) is 6.04 Å². The number of likely N-dealkylation sites (tertiary alicyclic amines) is 1. The van der Waals surface area contributed by atoms with Crippen LogP contribution in [-0.2, 0) is 4.74 Å². The summed E-state index contributed by atoms with van der Waals surface area (Å²) in [6, 6.07) is 0.537. The Morgan fingerprint density at radius 2 is 2.05 bits per heavy atom. The van der Waals surface area contributed by atoms with E-state index in [9.17, 15) is 9.90 Å². The molecule has 124 valence electrons. The van der Waals surface area contributed by atoms with Crippen LogP contribution < -0.4 is 5.32 Å². The highest BCUT2D eigenvalue weighted by Gasteiger charge is 2.35. The number of carbonyl (C=O) groups is 1. The molecule has 1 saturated heterocycles. The summed E-state index contributed by atoms with van der Waals surface area (Å²) in [5.41, 5.74) is -0.475. The number of nitrogens with one attached hydrogen (secondary N) is 1. The van der Waals surface area contributed by atoms with E-state index in [2.05, 4.69) is 19.2 Å². The van der Waals surface area contributed by atoms with Crippen molar-refractivity contribution in [1.82, 2.24) is 10.2 Å². The molecule has 2 atom stereocenters. The summed E-state index contributed by atoms with van der Waals surface area (Å²) in [6.45, 7) is 10.7. The van der Waals surface area contributed by atoms with Crippen LogP contribution in [0.4, 0.5) is 4.79 Å². The van der Waals surface area contributed by atoms with Crippen LogP contribution in [0.5, 0.6) is 0 Å². The predicted octanol–water partition coefficient (Wildman–Crippen LogP) is 2.53. The van der Waals surface area contributed by atoms with Gasteiger partial charge in [-0.25, -0.2) is 4.79 Å². The van der Waals surface area contributed by atoms with E-state index in [1.165, 1.54) is 0 Å². The Morgan fingerprint density at radius 1 is 1.38 bits per heavy atom. The van der Waals surface area contributed by atoms with Gasteiger partial charge < -0.3 is 20.1 Å². The predicted molar refractivity (Wildman–Crippen MR) is 84.3 cm³/mol. The fourth-order valence-corrected chi connectivity index (χ4v) is 2.88. The molecule has 2 unspecified atom stereocenters. The quantitative estimate of drug-likeness (QED) is 0.819. The Bertz CT molecular complexity index is 326. The third-order valence-electron chi connectivity index (χ3n) is 3.63. The minimum absolute atomic E-state index is 0.100. The van der Waals surface area contributed by atoms with E-state index in [-0.39, 0.29) is 24.8 Å². The molecule has 0 aromatic rings. The van der Waals surface area contributed by atoms with Crippen molar-refractivity contribution in [3.05, 3.63) is 0 Å². The first-order chi connectivity index (χ1) is 9.74. The molecule has 0 aromatic carbocycles. The van der Waals surface area contributed by atoms with Crippen molar-refractivity contribution >= 4 is 6.09 Å². The van der Waals surface area contributed by atoms with E-state index in [0.29, 0.717) is 12.5 Å². The smallest absolute Gasteiger partial charge is 0.410 e. The lowest BCUT2D eigenvalue weighted by atomic mass is 9.93. The summed E-state index contributed by atoms with van der Waals surface area (Å²) in [6.07, 6.45) is 3.52. The van der Waals surface area contributed by atoms with E-state index in [0.717, 1.165) is 25.8 Å². The number of aliphatic hydroxyl groups is 1. The molecule has 5 heteroatoms. The lowest BCUT2D eigenvalue weighted by Gasteiger charge is -2.41. The number of amides is 1. The zero-order valence-electron chi connectivity index (χ0n) is 14.2. The van der Waals surface area contributed by atoms with Crippen LogP contribution in [0.2, 0.25) is 0 Å². The van der Waals surface area contributed by atoms with E-state index < -0.39 is 5.60 Å². The Morgan fingerprint density at radius 3 is 2.57 bits per heavy atom. The minimum atomic E-state index is -0.475. The first kappa shape index (κ1) is 18.2. The molecule has 21 heavy (non-hydrogen) atoms. The number of carbonyl (C=O) groups excluding carboxylic acids is 1. The normalized spacial score (nSPS) is 21.5. The molecule has 0 spiro atoms. The zero-order chi connectivity index (χ0) is 16.0. The number of ether oxygens (including phenoxy) is 1. The molecular weight excluding hydrogens is 268 g/mol. The summed E-state index contributed by atoms with van der Waals surface area (Å²) in [7, 11) is 0. The molecular formula is C16H32N2O3. The molecule has 1 fully saturated rings. The minimum Gasteiger partial charge on any atom is -0.444 e. The SMILES string of the molecule is CC(C)NC(CCO)C1CCCCN1C(=O)OC(C)(C)C. The fraction of sp³-hybridized carbons (Fsp3) is 0.938. The second-order valence-electron chi connectivity index (χ2n) is 7.18. The maximum Gasteiger partial charge on any atom is 0.410 e. The van der Waals surface area contributed by atoms with Crippen LogP contribution in [0.15, 0.2) is 0 Å². The molecule has 1 heterocycles. The number of nitrogens with zero attached hydrogens (tertiary/aromatic N) is 1. The van der Waals surface area contributed by atoms with Crippen molar-refractivity contribution in [3.63, 3.8) is 0 Å². The van der Waals surface area contributed by atoms with Crippen LogP contribution in [0, 0.1) is 0 Å². The van der Waals surface area contributed by atoms with Crippen molar-refractivity contribution in [2.45, 2.75) is 84.0 Å². The molecule has 0 saturated carbocycles. The van der Waals surface area contributed by atoms with Crippen molar-refractivity contribution < 1.29 is 14.6 Å². The highest BCUT2D eigenvalue weighted by atomic mass is 16.6. The molecule has 0 aromatic heterocycles. The molecule has 5 nitrogen and oxygen atoms in total. The summed E-state index contributed by atoms with van der Waals surface area (Å²) < 4.78 is 5.54. The monoisotopic (exact) mass is 300 g/mol. The van der Waals surface area contributed by atoms with Crippen LogP contribution in [0.25, 0.3) is 0 Å². The van der Waals surface area contributed by atoms with Gasteiger partial charge >= 0.3 is 6.09 Å².